The summed E-state index contributed by atoms with van der Waals surface area (Å²) in [6, 6.07) is 10.8. The normalized spacial score (nSPS) is 15.2. The number of anilines is 2. The topological polar surface area (TPSA) is 39.1 Å². The van der Waals surface area contributed by atoms with Crippen molar-refractivity contribution in [2.45, 2.75) is 32.1 Å². The van der Waals surface area contributed by atoms with E-state index in [1.807, 2.05) is 0 Å². The monoisotopic (exact) mass is 243 g/mol. The Bertz CT molecular complexity index is 385. The van der Waals surface area contributed by atoms with Gasteiger partial charge in [0.2, 0.25) is 0 Å². The molecular formula is C15H21N3. The molecule has 0 amide bonds. The molecule has 96 valence electrons. The van der Waals surface area contributed by atoms with E-state index in [4.69, 9.17) is 5.26 Å². The maximum absolute atomic E-state index is 8.46. The second-order valence-corrected chi connectivity index (χ2v) is 4.78. The van der Waals surface area contributed by atoms with Gasteiger partial charge in [0.05, 0.1) is 6.07 Å². The summed E-state index contributed by atoms with van der Waals surface area (Å²) in [7, 11) is 0. The Morgan fingerprint density at radius 2 is 1.83 bits per heavy atom. The van der Waals surface area contributed by atoms with Crippen molar-refractivity contribution in [1.29, 1.82) is 5.26 Å². The number of nitrogens with zero attached hydrogens (tertiary/aromatic N) is 2. The predicted molar refractivity (Wildman–Crippen MR) is 75.8 cm³/mol. The number of nitrogens with one attached hydrogen (secondary N) is 1. The third kappa shape index (κ3) is 3.66. The van der Waals surface area contributed by atoms with Crippen LogP contribution in [0.4, 0.5) is 11.4 Å². The third-order valence-corrected chi connectivity index (χ3v) is 3.38. The van der Waals surface area contributed by atoms with Crippen LogP contribution in [0.1, 0.15) is 32.1 Å². The Labute approximate surface area is 109 Å². The molecule has 1 aromatic carbocycles. The fraction of sp³-hybridized carbons (Fsp3) is 0.533. The number of piperidine rings is 1. The van der Waals surface area contributed by atoms with Gasteiger partial charge >= 0.3 is 0 Å². The fourth-order valence-corrected chi connectivity index (χ4v) is 2.34. The van der Waals surface area contributed by atoms with Gasteiger partial charge in [0.25, 0.3) is 0 Å². The second kappa shape index (κ2) is 6.90. The van der Waals surface area contributed by atoms with Crippen LogP contribution in [0.3, 0.4) is 0 Å². The van der Waals surface area contributed by atoms with E-state index >= 15 is 0 Å². The van der Waals surface area contributed by atoms with Gasteiger partial charge in [-0.2, -0.15) is 5.26 Å². The number of hydrogen-bond acceptors (Lipinski definition) is 3. The van der Waals surface area contributed by atoms with E-state index in [1.165, 1.54) is 38.0 Å². The van der Waals surface area contributed by atoms with Gasteiger partial charge in [-0.25, -0.2) is 0 Å². The minimum Gasteiger partial charge on any atom is -0.385 e. The maximum Gasteiger partial charge on any atom is 0.0622 e. The van der Waals surface area contributed by atoms with E-state index < -0.39 is 0 Å². The SMILES string of the molecule is N#CCCCNc1ccc(N2CCCCC2)cc1. The van der Waals surface area contributed by atoms with Crippen LogP contribution < -0.4 is 10.2 Å². The van der Waals surface area contributed by atoms with E-state index in [0.29, 0.717) is 6.42 Å². The van der Waals surface area contributed by atoms with Crippen LogP contribution >= 0.6 is 0 Å². The van der Waals surface area contributed by atoms with Crippen molar-refractivity contribution in [3.63, 3.8) is 0 Å². The van der Waals surface area contributed by atoms with Gasteiger partial charge in [-0.05, 0) is 49.9 Å². The van der Waals surface area contributed by atoms with Crippen molar-refractivity contribution in [1.82, 2.24) is 0 Å². The number of benzene rings is 1. The minimum atomic E-state index is 0.624. The standard InChI is InChI=1S/C15H21N3/c16-10-2-3-11-17-14-6-8-15(9-7-14)18-12-4-1-5-13-18/h6-9,17H,1-5,11-13H2. The number of hydrogen-bond donors (Lipinski definition) is 1. The molecule has 0 saturated carbocycles. The van der Waals surface area contributed by atoms with Crippen LogP contribution in [0.5, 0.6) is 0 Å². The molecule has 1 aliphatic heterocycles. The maximum atomic E-state index is 8.46. The molecule has 3 heteroatoms. The molecular weight excluding hydrogens is 222 g/mol. The molecule has 1 aliphatic rings. The van der Waals surface area contributed by atoms with Crippen LogP contribution in [0, 0.1) is 11.3 Å². The lowest BCUT2D eigenvalue weighted by Gasteiger charge is -2.28. The zero-order chi connectivity index (χ0) is 12.6. The average molecular weight is 243 g/mol. The quantitative estimate of drug-likeness (QED) is 0.806. The summed E-state index contributed by atoms with van der Waals surface area (Å²) in [6.45, 7) is 3.25. The first-order valence-corrected chi connectivity index (χ1v) is 6.86. The smallest absolute Gasteiger partial charge is 0.0622 e. The van der Waals surface area contributed by atoms with Crippen LogP contribution in [0.15, 0.2) is 24.3 Å². The zero-order valence-electron chi connectivity index (χ0n) is 10.9. The number of unbranched alkanes of at least 4 members (excludes halogenated alkanes) is 1. The van der Waals surface area contributed by atoms with Crippen LogP contribution in [-0.4, -0.2) is 19.6 Å². The van der Waals surface area contributed by atoms with Crippen molar-refractivity contribution >= 4 is 11.4 Å². The van der Waals surface area contributed by atoms with Gasteiger partial charge in [-0.1, -0.05) is 0 Å². The number of nitriles is 1. The molecule has 3 nitrogen and oxygen atoms in total. The van der Waals surface area contributed by atoms with Crippen molar-refractivity contribution in [2.24, 2.45) is 0 Å². The average Bonchev–Trinajstić information content (AvgIpc) is 2.45. The molecule has 2 rings (SSSR count). The molecule has 18 heavy (non-hydrogen) atoms. The van der Waals surface area contributed by atoms with Crippen LogP contribution in [-0.2, 0) is 0 Å². The molecule has 1 aromatic rings. The Balaban J connectivity index is 1.83. The Hall–Kier alpha value is -1.69. The molecule has 0 unspecified atom stereocenters. The van der Waals surface area contributed by atoms with Crippen molar-refractivity contribution in [3.8, 4) is 6.07 Å². The third-order valence-electron chi connectivity index (χ3n) is 3.38. The van der Waals surface area contributed by atoms with Gasteiger partial charge in [0, 0.05) is 37.4 Å². The zero-order valence-corrected chi connectivity index (χ0v) is 10.9. The lowest BCUT2D eigenvalue weighted by Crippen LogP contribution is -2.29. The second-order valence-electron chi connectivity index (χ2n) is 4.78. The van der Waals surface area contributed by atoms with E-state index in [9.17, 15) is 0 Å². The molecule has 1 heterocycles. The molecule has 0 radical (unpaired) electrons. The summed E-state index contributed by atoms with van der Waals surface area (Å²) >= 11 is 0. The first kappa shape index (κ1) is 12.8. The molecule has 0 aromatic heterocycles. The van der Waals surface area contributed by atoms with Crippen molar-refractivity contribution in [2.75, 3.05) is 29.9 Å². The predicted octanol–water partition coefficient (Wildman–Crippen LogP) is 3.39. The van der Waals surface area contributed by atoms with Gasteiger partial charge in [-0.3, -0.25) is 0 Å². The highest BCUT2D eigenvalue weighted by Crippen LogP contribution is 2.21. The van der Waals surface area contributed by atoms with Crippen LogP contribution in [0.25, 0.3) is 0 Å². The van der Waals surface area contributed by atoms with E-state index in [1.54, 1.807) is 0 Å². The highest BCUT2D eigenvalue weighted by molar-refractivity contribution is 5.55. The molecule has 0 bridgehead atoms. The summed E-state index contributed by atoms with van der Waals surface area (Å²) in [4.78, 5) is 2.46. The minimum absolute atomic E-state index is 0.624. The largest absolute Gasteiger partial charge is 0.385 e. The molecule has 0 aliphatic carbocycles. The highest BCUT2D eigenvalue weighted by Gasteiger charge is 2.10. The van der Waals surface area contributed by atoms with Gasteiger partial charge in [0.15, 0.2) is 0 Å². The Morgan fingerprint density at radius 3 is 2.50 bits per heavy atom. The fourth-order valence-electron chi connectivity index (χ4n) is 2.34. The molecule has 1 N–H and O–H groups in total. The van der Waals surface area contributed by atoms with E-state index in [2.05, 4.69) is 40.6 Å². The van der Waals surface area contributed by atoms with Crippen LogP contribution in [0.2, 0.25) is 0 Å². The molecule has 1 saturated heterocycles. The highest BCUT2D eigenvalue weighted by atomic mass is 15.1. The number of rotatable bonds is 5. The van der Waals surface area contributed by atoms with Gasteiger partial charge in [0.1, 0.15) is 0 Å². The summed E-state index contributed by atoms with van der Waals surface area (Å²) in [6.07, 6.45) is 5.53. The first-order valence-electron chi connectivity index (χ1n) is 6.86. The summed E-state index contributed by atoms with van der Waals surface area (Å²) < 4.78 is 0. The van der Waals surface area contributed by atoms with E-state index in [0.717, 1.165) is 18.7 Å². The van der Waals surface area contributed by atoms with Gasteiger partial charge < -0.3 is 10.2 Å². The molecule has 0 spiro atoms. The first-order chi connectivity index (χ1) is 8.90. The lowest BCUT2D eigenvalue weighted by atomic mass is 10.1. The van der Waals surface area contributed by atoms with Crippen molar-refractivity contribution in [3.05, 3.63) is 24.3 Å². The molecule has 1 fully saturated rings. The summed E-state index contributed by atoms with van der Waals surface area (Å²) in [5.74, 6) is 0. The van der Waals surface area contributed by atoms with Gasteiger partial charge in [-0.15, -0.1) is 0 Å². The van der Waals surface area contributed by atoms with Crippen molar-refractivity contribution < 1.29 is 0 Å². The van der Waals surface area contributed by atoms with E-state index in [-0.39, 0.29) is 0 Å². The lowest BCUT2D eigenvalue weighted by molar-refractivity contribution is 0.578. The Morgan fingerprint density at radius 1 is 1.11 bits per heavy atom. The Kier molecular flexibility index (Phi) is 4.89. The summed E-state index contributed by atoms with van der Waals surface area (Å²) in [5, 5.41) is 11.8. The molecule has 0 atom stereocenters. The summed E-state index contributed by atoms with van der Waals surface area (Å²) in [5.41, 5.74) is 2.48.